The molecule has 1 heteroatoms. The van der Waals surface area contributed by atoms with Gasteiger partial charge in [0.25, 0.3) is 0 Å². The molecule has 0 bridgehead atoms. The summed E-state index contributed by atoms with van der Waals surface area (Å²) in [4.78, 5) is 2.44. The van der Waals surface area contributed by atoms with Gasteiger partial charge in [-0.15, -0.1) is 0 Å². The third-order valence-electron chi connectivity index (χ3n) is 11.5. The number of hydrogen-bond acceptors (Lipinski definition) is 1. The molecule has 0 fully saturated rings. The Labute approximate surface area is 300 Å². The second-order valence-electron chi connectivity index (χ2n) is 14.5. The summed E-state index contributed by atoms with van der Waals surface area (Å²) in [5, 5.41) is 2.59. The minimum absolute atomic E-state index is 0.0958. The number of nitrogens with zero attached hydrogens (tertiary/aromatic N) is 1. The lowest BCUT2D eigenvalue weighted by Crippen LogP contribution is -2.34. The van der Waals surface area contributed by atoms with Crippen molar-refractivity contribution in [3.63, 3.8) is 0 Å². The van der Waals surface area contributed by atoms with Crippen molar-refractivity contribution in [3.05, 3.63) is 221 Å². The molecule has 0 N–H and O–H groups in total. The van der Waals surface area contributed by atoms with E-state index in [1.165, 1.54) is 66.4 Å². The first-order chi connectivity index (χ1) is 25.1. The molecule has 0 saturated carbocycles. The Hall–Kier alpha value is -6.18. The van der Waals surface area contributed by atoms with Crippen molar-refractivity contribution in [1.82, 2.24) is 0 Å². The maximum absolute atomic E-state index is 2.44. The highest BCUT2D eigenvalue weighted by molar-refractivity contribution is 6.05. The van der Waals surface area contributed by atoms with Crippen LogP contribution in [0.5, 0.6) is 0 Å². The van der Waals surface area contributed by atoms with E-state index in [0.717, 1.165) is 17.1 Å². The lowest BCUT2D eigenvalue weighted by Gasteiger charge is -2.42. The predicted molar refractivity (Wildman–Crippen MR) is 213 cm³/mol. The maximum Gasteiger partial charge on any atom is 0.0714 e. The fourth-order valence-corrected chi connectivity index (χ4v) is 9.28. The van der Waals surface area contributed by atoms with E-state index in [9.17, 15) is 0 Å². The van der Waals surface area contributed by atoms with Crippen LogP contribution in [0, 0.1) is 0 Å². The largest absolute Gasteiger partial charge is 0.310 e. The number of benzene rings is 8. The first-order valence-corrected chi connectivity index (χ1v) is 17.9. The standard InChI is InChI=1S/C50H37N/c1-49(2)44-27-11-9-24-40(44)42-31-30-39(33-47(42)49)51(37-21-7-4-8-22-37)38-23-15-20-36(32-38)50(35-18-5-3-6-19-35)45-28-12-10-25-41(45)43-26-13-16-34-17-14-29-46(50)48(34)43/h3-33H,1-2H3. The summed E-state index contributed by atoms with van der Waals surface area (Å²) in [7, 11) is 0. The highest BCUT2D eigenvalue weighted by Crippen LogP contribution is 2.56. The fraction of sp³-hybridized carbons (Fsp3) is 0.0800. The van der Waals surface area contributed by atoms with Gasteiger partial charge in [-0.25, -0.2) is 0 Å². The van der Waals surface area contributed by atoms with Crippen LogP contribution in [-0.4, -0.2) is 0 Å². The Kier molecular flexibility index (Phi) is 6.51. The van der Waals surface area contributed by atoms with Gasteiger partial charge in [0.05, 0.1) is 5.41 Å². The van der Waals surface area contributed by atoms with Gasteiger partial charge in [-0.3, -0.25) is 0 Å². The normalized spacial score (nSPS) is 16.3. The molecule has 0 amide bonds. The first kappa shape index (κ1) is 29.7. The molecule has 10 rings (SSSR count). The van der Waals surface area contributed by atoms with Gasteiger partial charge in [-0.05, 0) is 103 Å². The van der Waals surface area contributed by atoms with Crippen molar-refractivity contribution in [1.29, 1.82) is 0 Å². The van der Waals surface area contributed by atoms with Crippen molar-refractivity contribution in [2.24, 2.45) is 0 Å². The Bertz CT molecular complexity index is 2610. The molecule has 0 spiro atoms. The van der Waals surface area contributed by atoms with Crippen LogP contribution in [0.4, 0.5) is 17.1 Å². The molecule has 242 valence electrons. The first-order valence-electron chi connectivity index (χ1n) is 17.9. The molecule has 1 atom stereocenters. The van der Waals surface area contributed by atoms with Crippen molar-refractivity contribution in [3.8, 4) is 22.3 Å². The Morgan fingerprint density at radius 2 is 0.882 bits per heavy atom. The van der Waals surface area contributed by atoms with Gasteiger partial charge in [0.15, 0.2) is 0 Å². The zero-order valence-electron chi connectivity index (χ0n) is 28.8. The van der Waals surface area contributed by atoms with Crippen LogP contribution in [-0.2, 0) is 10.8 Å². The predicted octanol–water partition coefficient (Wildman–Crippen LogP) is 13.0. The van der Waals surface area contributed by atoms with E-state index in [-0.39, 0.29) is 5.41 Å². The molecule has 0 heterocycles. The monoisotopic (exact) mass is 651 g/mol. The van der Waals surface area contributed by atoms with Gasteiger partial charge in [-0.1, -0.05) is 166 Å². The molecule has 8 aromatic rings. The quantitative estimate of drug-likeness (QED) is 0.179. The Balaban J connectivity index is 1.25. The second kappa shape index (κ2) is 11.2. The SMILES string of the molecule is CC1(C)c2ccccc2-c2ccc(N(c3ccccc3)c3cccc(C4(c5ccccc5)c5ccccc5-c5cccc6cccc4c56)c3)cc21. The van der Waals surface area contributed by atoms with E-state index < -0.39 is 5.41 Å². The smallest absolute Gasteiger partial charge is 0.0714 e. The minimum Gasteiger partial charge on any atom is -0.310 e. The molecule has 0 radical (unpaired) electrons. The van der Waals surface area contributed by atoms with Crippen LogP contribution in [0.2, 0.25) is 0 Å². The van der Waals surface area contributed by atoms with E-state index in [0.29, 0.717) is 0 Å². The van der Waals surface area contributed by atoms with Gasteiger partial charge in [0.1, 0.15) is 0 Å². The van der Waals surface area contributed by atoms with Crippen molar-refractivity contribution >= 4 is 27.8 Å². The van der Waals surface area contributed by atoms with Crippen molar-refractivity contribution in [2.45, 2.75) is 24.7 Å². The van der Waals surface area contributed by atoms with Crippen LogP contribution in [0.25, 0.3) is 33.0 Å². The Morgan fingerprint density at radius 1 is 0.353 bits per heavy atom. The van der Waals surface area contributed by atoms with Gasteiger partial charge >= 0.3 is 0 Å². The topological polar surface area (TPSA) is 3.24 Å². The van der Waals surface area contributed by atoms with Gasteiger partial charge in [0.2, 0.25) is 0 Å². The maximum atomic E-state index is 2.44. The third-order valence-corrected chi connectivity index (χ3v) is 11.5. The van der Waals surface area contributed by atoms with Crippen LogP contribution >= 0.6 is 0 Å². The van der Waals surface area contributed by atoms with Gasteiger partial charge in [0, 0.05) is 22.5 Å². The van der Waals surface area contributed by atoms with Crippen LogP contribution in [0.1, 0.15) is 47.2 Å². The average Bonchev–Trinajstić information content (AvgIpc) is 3.42. The molecule has 1 nitrogen and oxygen atoms in total. The number of hydrogen-bond donors (Lipinski definition) is 0. The summed E-state index contributed by atoms with van der Waals surface area (Å²) >= 11 is 0. The third kappa shape index (κ3) is 4.22. The lowest BCUT2D eigenvalue weighted by atomic mass is 9.59. The Morgan fingerprint density at radius 3 is 1.67 bits per heavy atom. The van der Waals surface area contributed by atoms with Crippen molar-refractivity contribution < 1.29 is 0 Å². The van der Waals surface area contributed by atoms with Crippen molar-refractivity contribution in [2.75, 3.05) is 4.90 Å². The van der Waals surface area contributed by atoms with Crippen LogP contribution in [0.15, 0.2) is 188 Å². The summed E-state index contributed by atoms with van der Waals surface area (Å²) < 4.78 is 0. The highest BCUT2D eigenvalue weighted by Gasteiger charge is 2.44. The van der Waals surface area contributed by atoms with Crippen LogP contribution < -0.4 is 4.90 Å². The van der Waals surface area contributed by atoms with Gasteiger partial charge < -0.3 is 4.90 Å². The number of rotatable bonds is 5. The average molecular weight is 652 g/mol. The lowest BCUT2D eigenvalue weighted by molar-refractivity contribution is 0.660. The van der Waals surface area contributed by atoms with Crippen LogP contribution in [0.3, 0.4) is 0 Å². The zero-order valence-corrected chi connectivity index (χ0v) is 28.8. The molecule has 0 saturated heterocycles. The molecule has 1 unspecified atom stereocenters. The summed E-state index contributed by atoms with van der Waals surface area (Å²) in [5.74, 6) is 0. The number of fused-ring (bicyclic) bond motifs is 5. The summed E-state index contributed by atoms with van der Waals surface area (Å²) in [6, 6.07) is 69.8. The molecule has 0 aliphatic heterocycles. The molecule has 0 aromatic heterocycles. The minimum atomic E-state index is -0.536. The molecular formula is C50H37N. The van der Waals surface area contributed by atoms with E-state index in [2.05, 4.69) is 207 Å². The molecule has 2 aliphatic rings. The fourth-order valence-electron chi connectivity index (χ4n) is 9.28. The zero-order chi connectivity index (χ0) is 34.2. The summed E-state index contributed by atoms with van der Waals surface area (Å²) in [6.45, 7) is 4.72. The molecule has 51 heavy (non-hydrogen) atoms. The second-order valence-corrected chi connectivity index (χ2v) is 14.5. The van der Waals surface area contributed by atoms with E-state index in [1.807, 2.05) is 0 Å². The molecular weight excluding hydrogens is 615 g/mol. The van der Waals surface area contributed by atoms with E-state index in [1.54, 1.807) is 0 Å². The number of para-hydroxylation sites is 1. The van der Waals surface area contributed by atoms with E-state index >= 15 is 0 Å². The summed E-state index contributed by atoms with van der Waals surface area (Å²) in [5.41, 5.74) is 15.9. The van der Waals surface area contributed by atoms with Gasteiger partial charge in [-0.2, -0.15) is 0 Å². The summed E-state index contributed by atoms with van der Waals surface area (Å²) in [6.07, 6.45) is 0. The molecule has 2 aliphatic carbocycles. The number of anilines is 3. The highest BCUT2D eigenvalue weighted by atomic mass is 15.1. The van der Waals surface area contributed by atoms with E-state index in [4.69, 9.17) is 0 Å². The molecule has 8 aromatic carbocycles.